The van der Waals surface area contributed by atoms with E-state index in [0.29, 0.717) is 27.9 Å². The van der Waals surface area contributed by atoms with E-state index >= 15 is 0 Å². The summed E-state index contributed by atoms with van der Waals surface area (Å²) in [6.07, 6.45) is 1.56. The largest absolute Gasteiger partial charge is 0.481 e. The molecule has 0 bridgehead atoms. The van der Waals surface area contributed by atoms with Gasteiger partial charge < -0.3 is 14.2 Å². The minimum absolute atomic E-state index is 0.0445. The van der Waals surface area contributed by atoms with Crippen LogP contribution in [-0.4, -0.2) is 49.2 Å². The van der Waals surface area contributed by atoms with Crippen LogP contribution >= 0.6 is 23.2 Å². The lowest BCUT2D eigenvalue weighted by atomic mass is 10.1. The zero-order valence-electron chi connectivity index (χ0n) is 19.5. The molecule has 0 radical (unpaired) electrons. The summed E-state index contributed by atoms with van der Waals surface area (Å²) in [4.78, 5) is 43.6. The van der Waals surface area contributed by atoms with Crippen molar-refractivity contribution < 1.29 is 28.6 Å². The Bertz CT molecular complexity index is 1240. The van der Waals surface area contributed by atoms with Crippen molar-refractivity contribution in [1.82, 2.24) is 4.98 Å². The Morgan fingerprint density at radius 3 is 2.23 bits per heavy atom. The van der Waals surface area contributed by atoms with E-state index in [1.807, 2.05) is 0 Å². The molecule has 184 valence electrons. The molecule has 0 atom stereocenters. The van der Waals surface area contributed by atoms with Crippen LogP contribution in [0.5, 0.6) is 5.75 Å². The van der Waals surface area contributed by atoms with Gasteiger partial charge in [0.2, 0.25) is 0 Å². The lowest BCUT2D eigenvalue weighted by molar-refractivity contribution is -0.145. The lowest BCUT2D eigenvalue weighted by Gasteiger charge is -2.24. The van der Waals surface area contributed by atoms with Gasteiger partial charge in [0.1, 0.15) is 12.3 Å². The zero-order valence-corrected chi connectivity index (χ0v) is 21.0. The second-order valence-corrected chi connectivity index (χ2v) is 8.14. The number of aromatic nitrogens is 1. The summed E-state index contributed by atoms with van der Waals surface area (Å²) in [5, 5.41) is 0.816. The lowest BCUT2D eigenvalue weighted by Crippen LogP contribution is -2.37. The fraction of sp³-hybridized carbons (Fsp3) is 0.280. The third kappa shape index (κ3) is 6.01. The molecule has 3 rings (SSSR count). The number of rotatable bonds is 9. The normalized spacial score (nSPS) is 10.7. The molecule has 0 fully saturated rings. The molecule has 1 aromatic heterocycles. The maximum absolute atomic E-state index is 13.6. The van der Waals surface area contributed by atoms with E-state index in [-0.39, 0.29) is 35.4 Å². The maximum atomic E-state index is 13.6. The van der Waals surface area contributed by atoms with Crippen LogP contribution in [0.25, 0.3) is 10.9 Å². The number of esters is 2. The van der Waals surface area contributed by atoms with E-state index in [4.69, 9.17) is 37.4 Å². The summed E-state index contributed by atoms with van der Waals surface area (Å²) in [5.74, 6) is -1.32. The van der Waals surface area contributed by atoms with E-state index in [1.165, 1.54) is 17.0 Å². The first-order valence-corrected chi connectivity index (χ1v) is 11.6. The summed E-state index contributed by atoms with van der Waals surface area (Å²) < 4.78 is 15.8. The Morgan fingerprint density at radius 2 is 1.57 bits per heavy atom. The van der Waals surface area contributed by atoms with E-state index in [1.54, 1.807) is 51.2 Å². The van der Waals surface area contributed by atoms with Crippen LogP contribution < -0.4 is 9.64 Å². The van der Waals surface area contributed by atoms with Crippen molar-refractivity contribution in [3.05, 3.63) is 63.8 Å². The second-order valence-electron chi connectivity index (χ2n) is 7.33. The van der Waals surface area contributed by atoms with E-state index in [2.05, 4.69) is 4.98 Å². The number of amides is 1. The van der Waals surface area contributed by atoms with Crippen molar-refractivity contribution in [3.8, 4) is 5.75 Å². The van der Waals surface area contributed by atoms with Crippen molar-refractivity contribution in [2.24, 2.45) is 0 Å². The first kappa shape index (κ1) is 26.2. The number of carbonyl (C=O) groups is 3. The number of ether oxygens (including phenoxy) is 3. The van der Waals surface area contributed by atoms with Crippen LogP contribution in [0.1, 0.15) is 29.8 Å². The molecule has 0 N–H and O–H groups in total. The highest BCUT2D eigenvalue weighted by Crippen LogP contribution is 2.35. The molecule has 1 heterocycles. The second kappa shape index (κ2) is 11.9. The average Bonchev–Trinajstić information content (AvgIpc) is 2.81. The van der Waals surface area contributed by atoms with E-state index in [0.717, 1.165) is 0 Å². The van der Waals surface area contributed by atoms with Crippen LogP contribution in [0.4, 0.5) is 5.69 Å². The number of fused-ring (bicyclic) bond motifs is 1. The molecule has 0 aliphatic heterocycles. The van der Waals surface area contributed by atoms with Gasteiger partial charge in [0.25, 0.3) is 5.91 Å². The number of hydrogen-bond acceptors (Lipinski definition) is 7. The molecule has 0 unspecified atom stereocenters. The Morgan fingerprint density at radius 1 is 0.943 bits per heavy atom. The number of pyridine rings is 1. The monoisotopic (exact) mass is 518 g/mol. The zero-order chi connectivity index (χ0) is 25.5. The molecule has 8 nitrogen and oxygen atoms in total. The van der Waals surface area contributed by atoms with Gasteiger partial charge in [-0.3, -0.25) is 19.5 Å². The number of anilines is 1. The molecule has 0 aliphatic rings. The fourth-order valence-corrected chi connectivity index (χ4v) is 4.02. The Labute approximate surface area is 212 Å². The van der Waals surface area contributed by atoms with E-state index in [9.17, 15) is 14.4 Å². The highest BCUT2D eigenvalue weighted by molar-refractivity contribution is 6.40. The van der Waals surface area contributed by atoms with Gasteiger partial charge in [-0.05, 0) is 45.0 Å². The molecular formula is C25H24Cl2N2O6. The third-order valence-electron chi connectivity index (χ3n) is 4.95. The highest BCUT2D eigenvalue weighted by Gasteiger charge is 2.27. The van der Waals surface area contributed by atoms with Gasteiger partial charge >= 0.3 is 11.9 Å². The minimum Gasteiger partial charge on any atom is -0.481 e. The predicted octanol–water partition coefficient (Wildman–Crippen LogP) is 5.00. The van der Waals surface area contributed by atoms with Crippen molar-refractivity contribution in [3.63, 3.8) is 0 Å². The molecule has 2 aromatic carbocycles. The number of hydrogen-bond donors (Lipinski definition) is 0. The van der Waals surface area contributed by atoms with Gasteiger partial charge in [0, 0.05) is 17.1 Å². The van der Waals surface area contributed by atoms with Gasteiger partial charge in [-0.2, -0.15) is 0 Å². The van der Waals surface area contributed by atoms with Gasteiger partial charge in [-0.15, -0.1) is 0 Å². The van der Waals surface area contributed by atoms with Crippen molar-refractivity contribution in [2.75, 3.05) is 31.3 Å². The Balaban J connectivity index is 2.13. The number of halogens is 2. The first-order valence-electron chi connectivity index (χ1n) is 10.9. The number of aryl methyl sites for hydroxylation is 1. The standard InChI is InChI=1S/C25H24Cl2N2O6/c1-4-33-20(30)13-29(25(32)22-17(26)9-7-10-18(22)27)19-11-6-8-16-23(19)28-12-15(3)24(16)35-14-21(31)34-5-2/h6-12H,4-5,13-14H2,1-3H3. The van der Waals surface area contributed by atoms with Crippen LogP contribution in [0.15, 0.2) is 42.6 Å². The average molecular weight is 519 g/mol. The van der Waals surface area contributed by atoms with Crippen LogP contribution in [0.3, 0.4) is 0 Å². The Kier molecular flexibility index (Phi) is 8.89. The van der Waals surface area contributed by atoms with Gasteiger partial charge in [-0.25, -0.2) is 4.79 Å². The summed E-state index contributed by atoms with van der Waals surface area (Å²) in [7, 11) is 0. The summed E-state index contributed by atoms with van der Waals surface area (Å²) in [6.45, 7) is 4.85. The quantitative estimate of drug-likeness (QED) is 0.367. The topological polar surface area (TPSA) is 95.0 Å². The summed E-state index contributed by atoms with van der Waals surface area (Å²) in [6, 6.07) is 9.77. The summed E-state index contributed by atoms with van der Waals surface area (Å²) >= 11 is 12.6. The van der Waals surface area contributed by atoms with Gasteiger partial charge in [0.05, 0.1) is 40.0 Å². The number of para-hydroxylation sites is 1. The number of benzene rings is 2. The third-order valence-corrected chi connectivity index (χ3v) is 5.58. The SMILES string of the molecule is CCOC(=O)COc1c(C)cnc2c(N(CC(=O)OCC)C(=O)c3c(Cl)cccc3Cl)cccc12. The molecule has 1 amide bonds. The van der Waals surface area contributed by atoms with Crippen molar-refractivity contribution >= 4 is 57.6 Å². The van der Waals surface area contributed by atoms with Crippen molar-refractivity contribution in [1.29, 1.82) is 0 Å². The van der Waals surface area contributed by atoms with E-state index < -0.39 is 24.4 Å². The number of nitrogens with zero attached hydrogens (tertiary/aromatic N) is 2. The molecule has 0 saturated carbocycles. The molecule has 0 saturated heterocycles. The maximum Gasteiger partial charge on any atom is 0.344 e. The van der Waals surface area contributed by atoms with Crippen molar-refractivity contribution in [2.45, 2.75) is 20.8 Å². The fourth-order valence-electron chi connectivity index (χ4n) is 3.46. The molecule has 35 heavy (non-hydrogen) atoms. The summed E-state index contributed by atoms with van der Waals surface area (Å²) in [5.41, 5.74) is 1.41. The van der Waals surface area contributed by atoms with Crippen LogP contribution in [-0.2, 0) is 19.1 Å². The van der Waals surface area contributed by atoms with Crippen LogP contribution in [0.2, 0.25) is 10.0 Å². The minimum atomic E-state index is -0.619. The highest BCUT2D eigenvalue weighted by atomic mass is 35.5. The molecular weight excluding hydrogens is 495 g/mol. The van der Waals surface area contributed by atoms with Crippen LogP contribution in [0, 0.1) is 6.92 Å². The first-order chi connectivity index (χ1) is 16.8. The smallest absolute Gasteiger partial charge is 0.344 e. The number of carbonyl (C=O) groups excluding carboxylic acids is 3. The molecule has 3 aromatic rings. The molecule has 0 aliphatic carbocycles. The van der Waals surface area contributed by atoms with Gasteiger partial charge in [0.15, 0.2) is 6.61 Å². The van der Waals surface area contributed by atoms with Gasteiger partial charge in [-0.1, -0.05) is 35.3 Å². The molecule has 0 spiro atoms. The molecule has 10 heteroatoms. The Hall–Kier alpha value is -3.36. The predicted molar refractivity (Wildman–Crippen MR) is 133 cm³/mol.